The van der Waals surface area contributed by atoms with E-state index in [-0.39, 0.29) is 5.84 Å². The van der Waals surface area contributed by atoms with Gasteiger partial charge in [0.1, 0.15) is 5.84 Å². The number of benzene rings is 2. The number of nitrogens with one attached hydrogen (secondary N) is 1. The topological polar surface area (TPSA) is 49.9 Å². The fourth-order valence-corrected chi connectivity index (χ4v) is 2.77. The van der Waals surface area contributed by atoms with Gasteiger partial charge in [-0.05, 0) is 29.8 Å². The zero-order valence-electron chi connectivity index (χ0n) is 9.69. The first kappa shape index (κ1) is 13.2. The van der Waals surface area contributed by atoms with E-state index in [1.807, 2.05) is 36.4 Å². The van der Waals surface area contributed by atoms with Gasteiger partial charge in [-0.3, -0.25) is 5.41 Å². The summed E-state index contributed by atoms with van der Waals surface area (Å²) in [5.41, 5.74) is 7.49. The lowest BCUT2D eigenvalue weighted by Gasteiger charge is -2.07. The van der Waals surface area contributed by atoms with Gasteiger partial charge in [-0.25, -0.2) is 0 Å². The first-order valence-corrected chi connectivity index (χ1v) is 7.25. The molecule has 0 atom stereocenters. The van der Waals surface area contributed by atoms with Gasteiger partial charge in [-0.15, -0.1) is 11.8 Å². The highest BCUT2D eigenvalue weighted by Crippen LogP contribution is 2.25. The van der Waals surface area contributed by atoms with Gasteiger partial charge >= 0.3 is 0 Å². The quantitative estimate of drug-likeness (QED) is 0.507. The summed E-state index contributed by atoms with van der Waals surface area (Å²) in [7, 11) is 0. The third kappa shape index (κ3) is 3.37. The van der Waals surface area contributed by atoms with Gasteiger partial charge in [-0.1, -0.05) is 40.2 Å². The van der Waals surface area contributed by atoms with E-state index in [4.69, 9.17) is 11.1 Å². The van der Waals surface area contributed by atoms with Crippen molar-refractivity contribution >= 4 is 33.5 Å². The van der Waals surface area contributed by atoms with Crippen LogP contribution in [-0.2, 0) is 5.75 Å². The molecule has 18 heavy (non-hydrogen) atoms. The van der Waals surface area contributed by atoms with E-state index in [0.717, 1.165) is 21.4 Å². The Kier molecular flexibility index (Phi) is 4.44. The smallest absolute Gasteiger partial charge is 0.123 e. The number of nitrogens with two attached hydrogens (primary N) is 1. The van der Waals surface area contributed by atoms with E-state index in [1.165, 1.54) is 4.90 Å². The highest BCUT2D eigenvalue weighted by Gasteiger charge is 2.04. The van der Waals surface area contributed by atoms with Crippen molar-refractivity contribution in [2.24, 2.45) is 5.73 Å². The predicted octanol–water partition coefficient (Wildman–Crippen LogP) is 4.03. The lowest BCUT2D eigenvalue weighted by molar-refractivity contribution is 1.33. The minimum atomic E-state index is 0.127. The standard InChI is InChI=1S/C14H13BrN2S/c15-11-5-7-12(8-6-11)18-9-10-3-1-2-4-13(10)14(16)17/h1-8H,9H2,(H3,16,17). The Morgan fingerprint density at radius 1 is 1.11 bits per heavy atom. The molecule has 0 bridgehead atoms. The molecule has 4 heteroatoms. The molecule has 0 unspecified atom stereocenters. The molecule has 0 aliphatic heterocycles. The molecule has 0 fully saturated rings. The van der Waals surface area contributed by atoms with Gasteiger partial charge in [-0.2, -0.15) is 0 Å². The maximum atomic E-state index is 7.55. The van der Waals surface area contributed by atoms with Crippen molar-refractivity contribution in [2.75, 3.05) is 0 Å². The van der Waals surface area contributed by atoms with E-state index in [2.05, 4.69) is 28.1 Å². The Hall–Kier alpha value is -1.26. The molecule has 0 saturated carbocycles. The van der Waals surface area contributed by atoms with E-state index >= 15 is 0 Å². The first-order chi connectivity index (χ1) is 8.66. The van der Waals surface area contributed by atoms with Gasteiger partial charge in [0.15, 0.2) is 0 Å². The summed E-state index contributed by atoms with van der Waals surface area (Å²) in [6, 6.07) is 16.0. The van der Waals surface area contributed by atoms with Crippen LogP contribution in [0, 0.1) is 5.41 Å². The number of amidine groups is 1. The van der Waals surface area contributed by atoms with Crippen LogP contribution >= 0.6 is 27.7 Å². The Labute approximate surface area is 119 Å². The molecule has 92 valence electrons. The molecule has 3 N–H and O–H groups in total. The van der Waals surface area contributed by atoms with Crippen LogP contribution in [0.5, 0.6) is 0 Å². The molecule has 0 aliphatic rings. The molecule has 0 heterocycles. The van der Waals surface area contributed by atoms with Crippen molar-refractivity contribution in [3.05, 3.63) is 64.1 Å². The SMILES string of the molecule is N=C(N)c1ccccc1CSc1ccc(Br)cc1. The molecule has 2 aromatic carbocycles. The summed E-state index contributed by atoms with van der Waals surface area (Å²) < 4.78 is 1.08. The number of nitrogen functional groups attached to an aromatic ring is 1. The number of hydrogen-bond donors (Lipinski definition) is 2. The minimum absolute atomic E-state index is 0.127. The van der Waals surface area contributed by atoms with Crippen LogP contribution in [0.1, 0.15) is 11.1 Å². The molecule has 0 aromatic heterocycles. The Morgan fingerprint density at radius 2 is 1.78 bits per heavy atom. The highest BCUT2D eigenvalue weighted by atomic mass is 79.9. The van der Waals surface area contributed by atoms with Crippen LogP contribution in [-0.4, -0.2) is 5.84 Å². The Bertz CT molecular complexity index is 552. The molecule has 0 saturated heterocycles. The van der Waals surface area contributed by atoms with E-state index < -0.39 is 0 Å². The zero-order chi connectivity index (χ0) is 13.0. The third-order valence-corrected chi connectivity index (χ3v) is 4.11. The first-order valence-electron chi connectivity index (χ1n) is 5.47. The monoisotopic (exact) mass is 320 g/mol. The van der Waals surface area contributed by atoms with Crippen molar-refractivity contribution in [3.8, 4) is 0 Å². The third-order valence-electron chi connectivity index (χ3n) is 2.52. The second-order valence-electron chi connectivity index (χ2n) is 3.81. The lowest BCUT2D eigenvalue weighted by Crippen LogP contribution is -2.13. The summed E-state index contributed by atoms with van der Waals surface area (Å²) >= 11 is 5.16. The van der Waals surface area contributed by atoms with Crippen LogP contribution in [0.15, 0.2) is 57.9 Å². The lowest BCUT2D eigenvalue weighted by atomic mass is 10.1. The zero-order valence-corrected chi connectivity index (χ0v) is 12.1. The summed E-state index contributed by atoms with van der Waals surface area (Å²) in [4.78, 5) is 1.21. The van der Waals surface area contributed by atoms with E-state index in [9.17, 15) is 0 Å². The predicted molar refractivity (Wildman–Crippen MR) is 81.2 cm³/mol. The van der Waals surface area contributed by atoms with Crippen molar-refractivity contribution < 1.29 is 0 Å². The van der Waals surface area contributed by atoms with Crippen LogP contribution in [0.2, 0.25) is 0 Å². The highest BCUT2D eigenvalue weighted by molar-refractivity contribution is 9.10. The van der Waals surface area contributed by atoms with Gasteiger partial charge in [0.2, 0.25) is 0 Å². The molecule has 0 aliphatic carbocycles. The number of rotatable bonds is 4. The molecule has 2 rings (SSSR count). The Morgan fingerprint density at radius 3 is 2.44 bits per heavy atom. The van der Waals surface area contributed by atoms with Crippen LogP contribution in [0.25, 0.3) is 0 Å². The Balaban J connectivity index is 2.10. The molecule has 2 nitrogen and oxygen atoms in total. The number of halogens is 1. The summed E-state index contributed by atoms with van der Waals surface area (Å²) in [6.07, 6.45) is 0. The van der Waals surface area contributed by atoms with Crippen molar-refractivity contribution in [3.63, 3.8) is 0 Å². The average Bonchev–Trinajstić information content (AvgIpc) is 2.38. The molecule has 0 spiro atoms. The van der Waals surface area contributed by atoms with Crippen molar-refractivity contribution in [2.45, 2.75) is 10.6 Å². The van der Waals surface area contributed by atoms with E-state index in [1.54, 1.807) is 11.8 Å². The summed E-state index contributed by atoms with van der Waals surface area (Å²) in [6.45, 7) is 0. The average molecular weight is 321 g/mol. The molecule has 0 amide bonds. The molecular formula is C14H13BrN2S. The number of thioether (sulfide) groups is 1. The van der Waals surface area contributed by atoms with Crippen LogP contribution < -0.4 is 5.73 Å². The van der Waals surface area contributed by atoms with E-state index in [0.29, 0.717) is 0 Å². The number of hydrogen-bond acceptors (Lipinski definition) is 2. The van der Waals surface area contributed by atoms with Gasteiger partial charge in [0.25, 0.3) is 0 Å². The van der Waals surface area contributed by atoms with Crippen LogP contribution in [0.3, 0.4) is 0 Å². The fraction of sp³-hybridized carbons (Fsp3) is 0.0714. The van der Waals surface area contributed by atoms with Crippen molar-refractivity contribution in [1.29, 1.82) is 5.41 Å². The van der Waals surface area contributed by atoms with Gasteiger partial charge in [0.05, 0.1) is 0 Å². The van der Waals surface area contributed by atoms with Gasteiger partial charge in [0, 0.05) is 20.7 Å². The second-order valence-corrected chi connectivity index (χ2v) is 5.78. The van der Waals surface area contributed by atoms with Crippen LogP contribution in [0.4, 0.5) is 0 Å². The largest absolute Gasteiger partial charge is 0.384 e. The fourth-order valence-electron chi connectivity index (χ4n) is 1.60. The second kappa shape index (κ2) is 6.07. The maximum absolute atomic E-state index is 7.55. The summed E-state index contributed by atoms with van der Waals surface area (Å²) in [5, 5.41) is 7.55. The molecule has 0 radical (unpaired) electrons. The maximum Gasteiger partial charge on any atom is 0.123 e. The summed E-state index contributed by atoms with van der Waals surface area (Å²) in [5.74, 6) is 0.944. The van der Waals surface area contributed by atoms with Gasteiger partial charge < -0.3 is 5.73 Å². The van der Waals surface area contributed by atoms with Crippen molar-refractivity contribution in [1.82, 2.24) is 0 Å². The molecular weight excluding hydrogens is 308 g/mol. The normalized spacial score (nSPS) is 10.3. The minimum Gasteiger partial charge on any atom is -0.384 e. The molecule has 2 aromatic rings.